The zero-order valence-corrected chi connectivity index (χ0v) is 18.1. The van der Waals surface area contributed by atoms with E-state index >= 15 is 0 Å². The van der Waals surface area contributed by atoms with Crippen molar-refractivity contribution in [2.45, 2.75) is 37.8 Å². The van der Waals surface area contributed by atoms with Gasteiger partial charge in [0.2, 0.25) is 5.60 Å². The summed E-state index contributed by atoms with van der Waals surface area (Å²) in [5, 5.41) is 1.96. The minimum absolute atomic E-state index is 0.230. The highest BCUT2D eigenvalue weighted by molar-refractivity contribution is 6.34. The van der Waals surface area contributed by atoms with Crippen LogP contribution in [0.4, 0.5) is 32.2 Å². The minimum atomic E-state index is -4.87. The van der Waals surface area contributed by atoms with Gasteiger partial charge in [0, 0.05) is 6.07 Å². The number of alkyl halides is 5. The number of aliphatic imine (C=N–C) groups is 1. The van der Waals surface area contributed by atoms with Gasteiger partial charge in [-0.1, -0.05) is 11.6 Å². The summed E-state index contributed by atoms with van der Waals surface area (Å²) in [6.07, 6.45) is -4.03. The van der Waals surface area contributed by atoms with Gasteiger partial charge in [0.25, 0.3) is 5.91 Å². The molecule has 3 heterocycles. The molecular weight excluding hydrogens is 496 g/mol. The van der Waals surface area contributed by atoms with Gasteiger partial charge in [-0.05, 0) is 26.0 Å². The van der Waals surface area contributed by atoms with E-state index in [-0.39, 0.29) is 22.3 Å². The van der Waals surface area contributed by atoms with Crippen molar-refractivity contribution in [3.8, 4) is 5.75 Å². The van der Waals surface area contributed by atoms with Crippen molar-refractivity contribution in [2.75, 3.05) is 11.9 Å². The number of hydrogen-bond donors (Lipinski definition) is 2. The van der Waals surface area contributed by atoms with E-state index in [0.717, 1.165) is 24.4 Å². The number of anilines is 1. The van der Waals surface area contributed by atoms with E-state index in [1.807, 2.05) is 0 Å². The first kappa shape index (κ1) is 25.5. The van der Waals surface area contributed by atoms with Crippen LogP contribution < -0.4 is 15.8 Å². The molecule has 0 saturated carbocycles. The van der Waals surface area contributed by atoms with E-state index < -0.39 is 53.8 Å². The summed E-state index contributed by atoms with van der Waals surface area (Å²) in [6.45, 7) is -1.90. The first-order chi connectivity index (χ1) is 15.7. The number of halogens is 7. The predicted octanol–water partition coefficient (Wildman–Crippen LogP) is 4.05. The van der Waals surface area contributed by atoms with Crippen molar-refractivity contribution >= 4 is 29.2 Å². The van der Waals surface area contributed by atoms with Crippen molar-refractivity contribution in [1.29, 1.82) is 0 Å². The van der Waals surface area contributed by atoms with Crippen LogP contribution >= 0.6 is 11.6 Å². The van der Waals surface area contributed by atoms with Crippen LogP contribution in [-0.2, 0) is 10.3 Å². The highest BCUT2D eigenvalue weighted by Gasteiger charge is 2.59. The third-order valence-electron chi connectivity index (χ3n) is 4.89. The Kier molecular flexibility index (Phi) is 6.68. The molecule has 0 aromatic carbocycles. The van der Waals surface area contributed by atoms with E-state index in [1.165, 1.54) is 6.92 Å². The molecular formula is C19H16ClF6N5O3. The summed E-state index contributed by atoms with van der Waals surface area (Å²) >= 11 is 5.89. The molecule has 2 aromatic rings. The van der Waals surface area contributed by atoms with Gasteiger partial charge in [-0.15, -0.1) is 0 Å². The molecule has 1 aliphatic heterocycles. The Morgan fingerprint density at radius 1 is 1.32 bits per heavy atom. The van der Waals surface area contributed by atoms with Crippen molar-refractivity contribution in [3.05, 3.63) is 46.6 Å². The molecule has 0 spiro atoms. The summed E-state index contributed by atoms with van der Waals surface area (Å²) in [6, 6.07) is 2.91. The third kappa shape index (κ3) is 4.87. The molecule has 15 heteroatoms. The number of rotatable bonds is 5. The number of ether oxygens (including phenoxy) is 2. The van der Waals surface area contributed by atoms with Crippen molar-refractivity contribution in [3.63, 3.8) is 0 Å². The Labute approximate surface area is 193 Å². The highest BCUT2D eigenvalue weighted by atomic mass is 35.5. The summed E-state index contributed by atoms with van der Waals surface area (Å²) in [5.74, 6) is -3.42. The summed E-state index contributed by atoms with van der Waals surface area (Å²) < 4.78 is 88.1. The topological polar surface area (TPSA) is 112 Å². The Balaban J connectivity index is 1.88. The highest BCUT2D eigenvalue weighted by Crippen LogP contribution is 2.41. The van der Waals surface area contributed by atoms with Crippen LogP contribution in [0.1, 0.15) is 30.0 Å². The fourth-order valence-corrected chi connectivity index (χ4v) is 3.17. The molecule has 3 N–H and O–H groups in total. The van der Waals surface area contributed by atoms with Crippen LogP contribution in [0.2, 0.25) is 5.02 Å². The first-order valence-corrected chi connectivity index (χ1v) is 9.69. The van der Waals surface area contributed by atoms with Gasteiger partial charge in [0.15, 0.2) is 0 Å². The average molecular weight is 512 g/mol. The van der Waals surface area contributed by atoms with Gasteiger partial charge in [-0.25, -0.2) is 14.4 Å². The molecule has 0 unspecified atom stereocenters. The number of nitrogens with one attached hydrogen (secondary N) is 1. The molecule has 1 amide bonds. The summed E-state index contributed by atoms with van der Waals surface area (Å²) in [7, 11) is 0. The molecule has 0 saturated heterocycles. The van der Waals surface area contributed by atoms with Gasteiger partial charge in [-0.2, -0.15) is 22.0 Å². The quantitative estimate of drug-likeness (QED) is 0.586. The maximum absolute atomic E-state index is 14.6. The summed E-state index contributed by atoms with van der Waals surface area (Å²) in [4.78, 5) is 23.9. The Morgan fingerprint density at radius 2 is 2.00 bits per heavy atom. The molecule has 1 aliphatic rings. The molecule has 0 fully saturated rings. The van der Waals surface area contributed by atoms with Gasteiger partial charge in [0.1, 0.15) is 40.1 Å². The predicted molar refractivity (Wildman–Crippen MR) is 107 cm³/mol. The monoisotopic (exact) mass is 511 g/mol. The van der Waals surface area contributed by atoms with Crippen LogP contribution in [0.3, 0.4) is 0 Å². The molecule has 0 aliphatic carbocycles. The number of amides is 1. The maximum atomic E-state index is 14.6. The fourth-order valence-electron chi connectivity index (χ4n) is 2.93. The lowest BCUT2D eigenvalue weighted by atomic mass is 9.93. The zero-order chi connectivity index (χ0) is 25.5. The zero-order valence-electron chi connectivity index (χ0n) is 17.4. The van der Waals surface area contributed by atoms with E-state index in [0.29, 0.717) is 6.92 Å². The second-order valence-electron chi connectivity index (χ2n) is 7.45. The van der Waals surface area contributed by atoms with E-state index in [2.05, 4.69) is 25.0 Å². The third-order valence-corrected chi connectivity index (χ3v) is 5.18. The minimum Gasteiger partial charge on any atom is -0.433 e. The number of nitrogens with zero attached hydrogens (tertiary/aromatic N) is 3. The molecule has 2 atom stereocenters. The molecule has 34 heavy (non-hydrogen) atoms. The lowest BCUT2D eigenvalue weighted by molar-refractivity contribution is -0.249. The average Bonchev–Trinajstić information content (AvgIpc) is 2.71. The number of aromatic nitrogens is 2. The van der Waals surface area contributed by atoms with Crippen molar-refractivity contribution < 1.29 is 40.6 Å². The maximum Gasteiger partial charge on any atom is 0.424 e. The van der Waals surface area contributed by atoms with E-state index in [4.69, 9.17) is 22.1 Å². The van der Waals surface area contributed by atoms with Crippen LogP contribution in [0.5, 0.6) is 5.75 Å². The smallest absolute Gasteiger partial charge is 0.424 e. The van der Waals surface area contributed by atoms with Crippen molar-refractivity contribution in [2.24, 2.45) is 10.7 Å². The SMILES string of the molecule is C[C@@]1(c2nc(NC(=O)c3ncc(OC(F)F)cc3Cl)ccc2F)CO[C@@](C)(C(F)(F)F)C(N)=N1. The van der Waals surface area contributed by atoms with E-state index in [1.54, 1.807) is 0 Å². The second-order valence-corrected chi connectivity index (χ2v) is 7.86. The standard InChI is InChI=1S/C19H16ClF6N5O3/c1-17(7-33-18(2,15(27)31-17)19(24,25)26)13-10(21)3-4-11(29-13)30-14(32)12-9(20)5-8(6-28-12)34-16(22)23/h3-6,16H,7H2,1-2H3,(H2,27,31)(H,29,30,32)/t17-,18+/m0/s1. The molecule has 3 rings (SSSR count). The lowest BCUT2D eigenvalue weighted by Gasteiger charge is -2.40. The number of carbonyl (C=O) groups is 1. The molecule has 0 radical (unpaired) electrons. The number of carbonyl (C=O) groups excluding carboxylic acids is 1. The Bertz CT molecular complexity index is 1150. The van der Waals surface area contributed by atoms with Crippen LogP contribution in [0.15, 0.2) is 29.4 Å². The van der Waals surface area contributed by atoms with Crippen LogP contribution in [0, 0.1) is 5.82 Å². The number of pyridine rings is 2. The van der Waals surface area contributed by atoms with Crippen LogP contribution in [0.25, 0.3) is 0 Å². The normalized spacial score (nSPS) is 22.9. The molecule has 2 aromatic heterocycles. The summed E-state index contributed by atoms with van der Waals surface area (Å²) in [5.41, 5.74) is 0.0812. The largest absolute Gasteiger partial charge is 0.433 e. The van der Waals surface area contributed by atoms with Gasteiger partial charge in [-0.3, -0.25) is 9.79 Å². The van der Waals surface area contributed by atoms with E-state index in [9.17, 15) is 31.1 Å². The lowest BCUT2D eigenvalue weighted by Crippen LogP contribution is -2.60. The van der Waals surface area contributed by atoms with Crippen molar-refractivity contribution in [1.82, 2.24) is 9.97 Å². The van der Waals surface area contributed by atoms with Gasteiger partial charge >= 0.3 is 12.8 Å². The first-order valence-electron chi connectivity index (χ1n) is 9.31. The molecule has 8 nitrogen and oxygen atoms in total. The number of amidine groups is 1. The number of hydrogen-bond acceptors (Lipinski definition) is 7. The molecule has 184 valence electrons. The fraction of sp³-hybridized carbons (Fsp3) is 0.368. The Hall–Kier alpha value is -3.13. The van der Waals surface area contributed by atoms with Gasteiger partial charge in [0.05, 0.1) is 17.8 Å². The number of nitrogens with two attached hydrogens (primary N) is 1. The van der Waals surface area contributed by atoms with Gasteiger partial charge < -0.3 is 20.5 Å². The molecule has 0 bridgehead atoms. The Morgan fingerprint density at radius 3 is 2.56 bits per heavy atom. The second kappa shape index (κ2) is 8.91. The van der Waals surface area contributed by atoms with Crippen LogP contribution in [-0.4, -0.2) is 46.7 Å².